The molecule has 11 heteroatoms. The standard InChI is InChI=1S/C25H19ClN2O4S.C7H15NOS/c26-18-5-7-24-17(11-18)8-9-28(24)33(31,32)19-3-1-2-16(12-19)21-13-22(21)20-6-4-15(14-27)10-23(20)25(29)30;1-7(2)5-6-8(3)10(4)9/h1-7,10-12,21-22H,8-9,13H2,(H,29,30);1,5-6H2,2-4H3. The second kappa shape index (κ2) is 13.4. The largest absolute Gasteiger partial charge is 0.478 e. The van der Waals surface area contributed by atoms with Crippen LogP contribution in [0.15, 0.2) is 77.7 Å². The van der Waals surface area contributed by atoms with E-state index in [1.165, 1.54) is 10.4 Å². The van der Waals surface area contributed by atoms with Crippen LogP contribution >= 0.6 is 11.6 Å². The van der Waals surface area contributed by atoms with Gasteiger partial charge in [0, 0.05) is 24.4 Å². The first-order valence-corrected chi connectivity index (χ1v) is 17.0. The van der Waals surface area contributed by atoms with Gasteiger partial charge in [-0.2, -0.15) is 5.26 Å². The molecule has 0 spiro atoms. The third kappa shape index (κ3) is 7.54. The fraction of sp³-hybridized carbons (Fsp3) is 0.312. The number of nitriles is 1. The lowest BCUT2D eigenvalue weighted by atomic mass is 9.98. The summed E-state index contributed by atoms with van der Waals surface area (Å²) in [5.74, 6) is -1.08. The van der Waals surface area contributed by atoms with Crippen LogP contribution in [0.5, 0.6) is 0 Å². The Morgan fingerprint density at radius 2 is 1.93 bits per heavy atom. The SMILES string of the molecule is C=C(C)CCN(C)S(C)=O.N#Cc1ccc(C2CC2c2cccc(S(=O)(=O)N3CCc4cc(Cl)ccc43)c2)c(C(=O)O)c1. The second-order valence-corrected chi connectivity index (χ2v) is 14.6. The van der Waals surface area contributed by atoms with Gasteiger partial charge in [-0.3, -0.25) is 4.31 Å². The van der Waals surface area contributed by atoms with Gasteiger partial charge in [-0.05, 0) is 104 Å². The predicted octanol–water partition coefficient (Wildman–Crippen LogP) is 6.11. The Bertz CT molecular complexity index is 1730. The van der Waals surface area contributed by atoms with Crippen LogP contribution in [0.2, 0.25) is 5.02 Å². The van der Waals surface area contributed by atoms with E-state index in [2.05, 4.69) is 6.58 Å². The molecule has 1 saturated carbocycles. The number of benzene rings is 3. The first-order chi connectivity index (χ1) is 20.3. The van der Waals surface area contributed by atoms with E-state index in [9.17, 15) is 22.5 Å². The first kappa shape index (κ1) is 32.4. The highest BCUT2D eigenvalue weighted by Gasteiger charge is 2.42. The molecule has 3 aromatic rings. The Morgan fingerprint density at radius 1 is 1.19 bits per heavy atom. The van der Waals surface area contributed by atoms with Gasteiger partial charge in [0.05, 0.1) is 38.8 Å². The average molecular weight is 640 g/mol. The Kier molecular flexibility index (Phi) is 10.1. The smallest absolute Gasteiger partial charge is 0.336 e. The number of nitrogens with zero attached hydrogens (tertiary/aromatic N) is 3. The van der Waals surface area contributed by atoms with E-state index in [0.717, 1.165) is 36.1 Å². The fourth-order valence-electron chi connectivity index (χ4n) is 5.14. The molecule has 1 N–H and O–H groups in total. The number of anilines is 1. The molecule has 3 unspecified atom stereocenters. The second-order valence-electron chi connectivity index (χ2n) is 10.8. The van der Waals surface area contributed by atoms with E-state index in [1.54, 1.807) is 59.1 Å². The number of halogens is 1. The molecule has 3 atom stereocenters. The average Bonchev–Trinajstić information content (AvgIpc) is 3.66. The fourth-order valence-corrected chi connectivity index (χ4v) is 7.24. The summed E-state index contributed by atoms with van der Waals surface area (Å²) in [4.78, 5) is 11.9. The number of carboxylic acid groups (broad SMARTS) is 1. The molecule has 0 bridgehead atoms. The van der Waals surface area contributed by atoms with Crippen LogP contribution in [0, 0.1) is 11.3 Å². The molecule has 5 rings (SSSR count). The van der Waals surface area contributed by atoms with Crippen LogP contribution in [0.3, 0.4) is 0 Å². The number of rotatable bonds is 9. The highest BCUT2D eigenvalue weighted by Crippen LogP contribution is 2.55. The number of carboxylic acids is 1. The molecule has 2 aliphatic rings. The van der Waals surface area contributed by atoms with E-state index in [1.807, 2.05) is 26.1 Å². The number of sulfonamides is 1. The summed E-state index contributed by atoms with van der Waals surface area (Å²) in [6.07, 6.45) is 3.94. The van der Waals surface area contributed by atoms with Crippen molar-refractivity contribution in [2.75, 3.05) is 30.7 Å². The summed E-state index contributed by atoms with van der Waals surface area (Å²) in [6, 6.07) is 18.8. The normalized spacial score (nSPS) is 17.8. The van der Waals surface area contributed by atoms with E-state index in [4.69, 9.17) is 16.9 Å². The minimum absolute atomic E-state index is 0.0239. The van der Waals surface area contributed by atoms with Crippen molar-refractivity contribution in [1.29, 1.82) is 5.26 Å². The van der Waals surface area contributed by atoms with Crippen LogP contribution < -0.4 is 4.31 Å². The lowest BCUT2D eigenvalue weighted by Crippen LogP contribution is -2.29. The maximum Gasteiger partial charge on any atom is 0.336 e. The number of aromatic carboxylic acids is 1. The summed E-state index contributed by atoms with van der Waals surface area (Å²) in [6.45, 7) is 6.93. The van der Waals surface area contributed by atoms with E-state index < -0.39 is 27.0 Å². The van der Waals surface area contributed by atoms with E-state index >= 15 is 0 Å². The lowest BCUT2D eigenvalue weighted by molar-refractivity contribution is 0.0695. The molecule has 1 aliphatic carbocycles. The molecular weight excluding hydrogens is 606 g/mol. The highest BCUT2D eigenvalue weighted by molar-refractivity contribution is 7.92. The van der Waals surface area contributed by atoms with E-state index in [-0.39, 0.29) is 22.3 Å². The van der Waals surface area contributed by atoms with Crippen molar-refractivity contribution in [3.8, 4) is 6.07 Å². The predicted molar refractivity (Wildman–Crippen MR) is 170 cm³/mol. The van der Waals surface area contributed by atoms with Gasteiger partial charge in [0.15, 0.2) is 0 Å². The van der Waals surface area contributed by atoms with Gasteiger partial charge >= 0.3 is 5.97 Å². The maximum atomic E-state index is 13.4. The summed E-state index contributed by atoms with van der Waals surface area (Å²) in [7, 11) is -2.73. The van der Waals surface area contributed by atoms with Crippen molar-refractivity contribution in [1.82, 2.24) is 4.31 Å². The monoisotopic (exact) mass is 639 g/mol. The van der Waals surface area contributed by atoms with Gasteiger partial charge < -0.3 is 5.11 Å². The van der Waals surface area contributed by atoms with Crippen LogP contribution in [0.4, 0.5) is 5.69 Å². The van der Waals surface area contributed by atoms with Crippen LogP contribution in [-0.4, -0.2) is 54.4 Å². The quantitative estimate of drug-likeness (QED) is 0.282. The summed E-state index contributed by atoms with van der Waals surface area (Å²) < 4.78 is 40.8. The van der Waals surface area contributed by atoms with E-state index in [0.29, 0.717) is 34.8 Å². The lowest BCUT2D eigenvalue weighted by Gasteiger charge is -2.20. The minimum atomic E-state index is -3.75. The van der Waals surface area contributed by atoms with Gasteiger partial charge in [0.1, 0.15) is 0 Å². The zero-order chi connectivity index (χ0) is 31.5. The molecular formula is C32H34ClN3O5S2. The molecule has 0 aromatic heterocycles. The number of fused-ring (bicyclic) bond motifs is 1. The highest BCUT2D eigenvalue weighted by atomic mass is 35.5. The molecule has 3 aromatic carbocycles. The number of carbonyl (C=O) groups is 1. The maximum absolute atomic E-state index is 13.4. The first-order valence-electron chi connectivity index (χ1n) is 13.7. The van der Waals surface area contributed by atoms with Gasteiger partial charge in [0.2, 0.25) is 0 Å². The molecule has 1 fully saturated rings. The van der Waals surface area contributed by atoms with Gasteiger partial charge in [-0.15, -0.1) is 6.58 Å². The van der Waals surface area contributed by atoms with Crippen molar-refractivity contribution in [2.24, 2.45) is 0 Å². The Balaban J connectivity index is 0.000000365. The Labute approximate surface area is 260 Å². The summed E-state index contributed by atoms with van der Waals surface area (Å²) in [5, 5.41) is 19.2. The van der Waals surface area contributed by atoms with Gasteiger partial charge in [-0.1, -0.05) is 35.4 Å². The molecule has 8 nitrogen and oxygen atoms in total. The zero-order valence-corrected chi connectivity index (χ0v) is 26.7. The molecule has 226 valence electrons. The molecule has 43 heavy (non-hydrogen) atoms. The number of hydrogen-bond acceptors (Lipinski definition) is 5. The van der Waals surface area contributed by atoms with Crippen molar-refractivity contribution in [3.63, 3.8) is 0 Å². The topological polar surface area (TPSA) is 119 Å². The van der Waals surface area contributed by atoms with Crippen molar-refractivity contribution in [2.45, 2.75) is 42.9 Å². The Hall–Kier alpha value is -3.49. The summed E-state index contributed by atoms with van der Waals surface area (Å²) in [5.41, 5.74) is 4.65. The van der Waals surface area contributed by atoms with Gasteiger partial charge in [-0.25, -0.2) is 21.7 Å². The number of hydrogen-bond donors (Lipinski definition) is 1. The van der Waals surface area contributed by atoms with Gasteiger partial charge in [0.25, 0.3) is 10.0 Å². The Morgan fingerprint density at radius 3 is 2.58 bits per heavy atom. The summed E-state index contributed by atoms with van der Waals surface area (Å²) >= 11 is 6.06. The molecule has 0 saturated heterocycles. The molecule has 1 heterocycles. The molecule has 0 amide bonds. The van der Waals surface area contributed by atoms with Crippen molar-refractivity contribution >= 4 is 44.3 Å². The molecule has 1 aliphatic heterocycles. The third-order valence-corrected chi connectivity index (χ3v) is 10.8. The van der Waals surface area contributed by atoms with Crippen molar-refractivity contribution < 1.29 is 22.5 Å². The van der Waals surface area contributed by atoms with Crippen LogP contribution in [0.25, 0.3) is 0 Å². The zero-order valence-electron chi connectivity index (χ0n) is 24.3. The van der Waals surface area contributed by atoms with Crippen LogP contribution in [0.1, 0.15) is 64.2 Å². The van der Waals surface area contributed by atoms with Crippen molar-refractivity contribution in [3.05, 3.63) is 106 Å². The third-order valence-electron chi connectivity index (χ3n) is 7.66. The minimum Gasteiger partial charge on any atom is -0.478 e. The van der Waals surface area contributed by atoms with Crippen LogP contribution in [-0.2, 0) is 27.4 Å². The molecule has 0 radical (unpaired) electrons.